The van der Waals surface area contributed by atoms with Crippen LogP contribution in [0.2, 0.25) is 0 Å². The van der Waals surface area contributed by atoms with Crippen LogP contribution in [0, 0.1) is 6.92 Å². The first-order chi connectivity index (χ1) is 14.1. The van der Waals surface area contributed by atoms with Crippen molar-refractivity contribution < 1.29 is 4.79 Å². The number of nitrogens with one attached hydrogen (secondary N) is 3. The highest BCUT2D eigenvalue weighted by Gasteiger charge is 2.05. The molecule has 0 saturated heterocycles. The van der Waals surface area contributed by atoms with Crippen LogP contribution in [0.1, 0.15) is 22.4 Å². The summed E-state index contributed by atoms with van der Waals surface area (Å²) in [5.74, 6) is 0.608. The van der Waals surface area contributed by atoms with E-state index in [1.807, 2.05) is 44.3 Å². The molecule has 0 aliphatic carbocycles. The van der Waals surface area contributed by atoms with Crippen LogP contribution in [-0.4, -0.2) is 33.2 Å². The van der Waals surface area contributed by atoms with Gasteiger partial charge in [-0.1, -0.05) is 12.1 Å². The largest absolute Gasteiger partial charge is 0.357 e. The fourth-order valence-electron chi connectivity index (χ4n) is 2.64. The molecule has 29 heavy (non-hydrogen) atoms. The lowest BCUT2D eigenvalue weighted by Crippen LogP contribution is -2.36. The smallest absolute Gasteiger partial charge is 0.246 e. The van der Waals surface area contributed by atoms with E-state index in [4.69, 9.17) is 0 Å². The van der Waals surface area contributed by atoms with Crippen LogP contribution >= 0.6 is 11.3 Å². The lowest BCUT2D eigenvalue weighted by atomic mass is 10.2. The minimum atomic E-state index is -0.122. The average Bonchev–Trinajstić information content (AvgIpc) is 3.36. The number of guanidine groups is 1. The van der Waals surface area contributed by atoms with Crippen LogP contribution < -0.4 is 16.0 Å². The van der Waals surface area contributed by atoms with Crippen molar-refractivity contribution in [2.24, 2.45) is 4.99 Å². The molecule has 1 aromatic carbocycles. The maximum atomic E-state index is 12.1. The third-order valence-corrected chi connectivity index (χ3v) is 4.83. The Bertz CT molecular complexity index is 949. The van der Waals surface area contributed by atoms with E-state index in [-0.39, 0.29) is 12.5 Å². The quantitative estimate of drug-likeness (QED) is 0.391. The highest BCUT2D eigenvalue weighted by Crippen LogP contribution is 2.12. The number of hydrogen-bond acceptors (Lipinski definition) is 5. The Hall–Kier alpha value is -3.20. The standard InChI is InChI=1S/C20H25N7OS/c1-3-21-20(24-13-19-22-11-15(2)29-19)23-12-16-6-4-7-17(10-16)26-18(28)14-27-9-5-8-25-27/h4-11H,3,12-14H2,1-2H3,(H,26,28)(H2,21,23,24). The van der Waals surface area contributed by atoms with Gasteiger partial charge in [0.1, 0.15) is 11.6 Å². The number of aryl methyl sites for hydroxylation is 1. The number of anilines is 1. The van der Waals surface area contributed by atoms with Gasteiger partial charge in [-0.2, -0.15) is 5.10 Å². The molecule has 2 aromatic heterocycles. The molecule has 8 nitrogen and oxygen atoms in total. The van der Waals surface area contributed by atoms with E-state index in [9.17, 15) is 4.79 Å². The Labute approximate surface area is 174 Å². The van der Waals surface area contributed by atoms with Crippen LogP contribution in [0.25, 0.3) is 0 Å². The number of nitrogens with zero attached hydrogens (tertiary/aromatic N) is 4. The summed E-state index contributed by atoms with van der Waals surface area (Å²) in [5.41, 5.74) is 1.75. The summed E-state index contributed by atoms with van der Waals surface area (Å²) >= 11 is 1.67. The van der Waals surface area contributed by atoms with Crippen molar-refractivity contribution in [3.05, 3.63) is 64.4 Å². The molecule has 9 heteroatoms. The summed E-state index contributed by atoms with van der Waals surface area (Å²) in [7, 11) is 0. The number of aromatic nitrogens is 3. The molecule has 3 aromatic rings. The number of thiazole rings is 1. The van der Waals surface area contributed by atoms with Crippen molar-refractivity contribution in [3.8, 4) is 0 Å². The maximum Gasteiger partial charge on any atom is 0.246 e. The van der Waals surface area contributed by atoms with Gasteiger partial charge in [-0.3, -0.25) is 9.48 Å². The number of hydrogen-bond donors (Lipinski definition) is 3. The first kappa shape index (κ1) is 20.5. The molecule has 3 N–H and O–H groups in total. The van der Waals surface area contributed by atoms with E-state index in [0.29, 0.717) is 13.1 Å². The first-order valence-corrected chi connectivity index (χ1v) is 10.2. The second kappa shape index (κ2) is 10.4. The highest BCUT2D eigenvalue weighted by molar-refractivity contribution is 7.11. The normalized spacial score (nSPS) is 11.3. The van der Waals surface area contributed by atoms with Crippen molar-refractivity contribution in [2.45, 2.75) is 33.5 Å². The molecule has 1 amide bonds. The number of carbonyl (C=O) groups is 1. The van der Waals surface area contributed by atoms with E-state index in [1.165, 1.54) is 4.88 Å². The minimum absolute atomic E-state index is 0.122. The minimum Gasteiger partial charge on any atom is -0.357 e. The monoisotopic (exact) mass is 411 g/mol. The fourth-order valence-corrected chi connectivity index (χ4v) is 3.37. The van der Waals surface area contributed by atoms with Crippen molar-refractivity contribution in [2.75, 3.05) is 11.9 Å². The molecule has 0 radical (unpaired) electrons. The summed E-state index contributed by atoms with van der Waals surface area (Å²) in [6, 6.07) is 9.48. The summed E-state index contributed by atoms with van der Waals surface area (Å²) in [5, 5.41) is 14.5. The van der Waals surface area contributed by atoms with Crippen LogP contribution in [0.15, 0.2) is 53.9 Å². The van der Waals surface area contributed by atoms with Crippen LogP contribution in [0.3, 0.4) is 0 Å². The van der Waals surface area contributed by atoms with E-state index in [2.05, 4.69) is 31.0 Å². The molecule has 0 atom stereocenters. The van der Waals surface area contributed by atoms with Crippen LogP contribution in [0.5, 0.6) is 0 Å². The molecule has 0 spiro atoms. The van der Waals surface area contributed by atoms with Crippen molar-refractivity contribution in [1.29, 1.82) is 0 Å². The first-order valence-electron chi connectivity index (χ1n) is 9.42. The second-order valence-electron chi connectivity index (χ2n) is 6.37. The summed E-state index contributed by atoms with van der Waals surface area (Å²) < 4.78 is 1.59. The van der Waals surface area contributed by atoms with Gasteiger partial charge in [-0.25, -0.2) is 9.98 Å². The van der Waals surface area contributed by atoms with Gasteiger partial charge in [0, 0.05) is 35.7 Å². The molecular formula is C20H25N7OS. The Balaban J connectivity index is 1.57. The Morgan fingerprint density at radius 3 is 2.90 bits per heavy atom. The molecule has 2 heterocycles. The number of benzene rings is 1. The fraction of sp³-hybridized carbons (Fsp3) is 0.300. The highest BCUT2D eigenvalue weighted by atomic mass is 32.1. The molecule has 0 bridgehead atoms. The lowest BCUT2D eigenvalue weighted by molar-refractivity contribution is -0.116. The predicted octanol–water partition coefficient (Wildman–Crippen LogP) is 2.54. The maximum absolute atomic E-state index is 12.1. The number of aliphatic imine (C=N–C) groups is 1. The van der Waals surface area contributed by atoms with Crippen LogP contribution in [0.4, 0.5) is 5.69 Å². The molecule has 0 saturated carbocycles. The number of rotatable bonds is 8. The van der Waals surface area contributed by atoms with E-state index in [0.717, 1.165) is 28.8 Å². The summed E-state index contributed by atoms with van der Waals surface area (Å²) in [4.78, 5) is 22.3. The second-order valence-corrected chi connectivity index (χ2v) is 7.68. The van der Waals surface area contributed by atoms with Crippen molar-refractivity contribution in [1.82, 2.24) is 25.4 Å². The van der Waals surface area contributed by atoms with E-state index >= 15 is 0 Å². The average molecular weight is 412 g/mol. The SMILES string of the molecule is CCNC(=NCc1cccc(NC(=O)Cn2cccn2)c1)NCc1ncc(C)s1. The summed E-state index contributed by atoms with van der Waals surface area (Å²) in [6.45, 7) is 6.15. The van der Waals surface area contributed by atoms with Gasteiger partial charge in [0.15, 0.2) is 5.96 Å². The van der Waals surface area contributed by atoms with E-state index < -0.39 is 0 Å². The molecule has 3 rings (SSSR count). The molecule has 0 fully saturated rings. The van der Waals surface area contributed by atoms with E-state index in [1.54, 1.807) is 34.5 Å². The van der Waals surface area contributed by atoms with Gasteiger partial charge in [0.2, 0.25) is 5.91 Å². The Morgan fingerprint density at radius 2 is 2.17 bits per heavy atom. The predicted molar refractivity (Wildman–Crippen MR) is 116 cm³/mol. The van der Waals surface area contributed by atoms with Gasteiger partial charge < -0.3 is 16.0 Å². The number of amides is 1. The number of carbonyl (C=O) groups excluding carboxylic acids is 1. The zero-order chi connectivity index (χ0) is 20.5. The molecule has 0 aliphatic heterocycles. The third-order valence-electron chi connectivity index (χ3n) is 3.92. The Morgan fingerprint density at radius 1 is 1.28 bits per heavy atom. The third kappa shape index (κ3) is 6.72. The lowest BCUT2D eigenvalue weighted by Gasteiger charge is -2.11. The molecule has 0 unspecified atom stereocenters. The Kier molecular flexibility index (Phi) is 7.34. The van der Waals surface area contributed by atoms with Gasteiger partial charge in [-0.15, -0.1) is 11.3 Å². The van der Waals surface area contributed by atoms with Crippen molar-refractivity contribution >= 4 is 28.9 Å². The van der Waals surface area contributed by atoms with Gasteiger partial charge >= 0.3 is 0 Å². The van der Waals surface area contributed by atoms with Gasteiger partial charge in [-0.05, 0) is 37.6 Å². The zero-order valence-corrected chi connectivity index (χ0v) is 17.4. The van der Waals surface area contributed by atoms with Crippen LogP contribution in [-0.2, 0) is 24.4 Å². The topological polar surface area (TPSA) is 96.2 Å². The van der Waals surface area contributed by atoms with Gasteiger partial charge in [0.05, 0.1) is 13.1 Å². The van der Waals surface area contributed by atoms with Gasteiger partial charge in [0.25, 0.3) is 0 Å². The zero-order valence-electron chi connectivity index (χ0n) is 16.6. The molecule has 152 valence electrons. The van der Waals surface area contributed by atoms with Crippen molar-refractivity contribution in [3.63, 3.8) is 0 Å². The molecule has 0 aliphatic rings. The molecular weight excluding hydrogens is 386 g/mol. The summed E-state index contributed by atoms with van der Waals surface area (Å²) in [6.07, 6.45) is 5.28.